The third-order valence-electron chi connectivity index (χ3n) is 3.45. The summed E-state index contributed by atoms with van der Waals surface area (Å²) in [4.78, 5) is 0.0486. The largest absolute Gasteiger partial charge is 0.495 e. The second kappa shape index (κ2) is 6.48. The molecule has 0 radical (unpaired) electrons. The van der Waals surface area contributed by atoms with Crippen molar-refractivity contribution in [2.45, 2.75) is 24.3 Å². The molecule has 1 N–H and O–H groups in total. The maximum absolute atomic E-state index is 12.8. The van der Waals surface area contributed by atoms with Gasteiger partial charge in [-0.3, -0.25) is 0 Å². The molecule has 21 heavy (non-hydrogen) atoms. The fourth-order valence-corrected chi connectivity index (χ4v) is 3.73. The van der Waals surface area contributed by atoms with Gasteiger partial charge in [0.25, 0.3) is 0 Å². The van der Waals surface area contributed by atoms with Gasteiger partial charge < -0.3 is 9.84 Å². The van der Waals surface area contributed by atoms with Crippen LogP contribution in [-0.4, -0.2) is 38.0 Å². The molecular formula is C15H19NO4S. The monoisotopic (exact) mass is 309 g/mol. The van der Waals surface area contributed by atoms with Crippen LogP contribution in [0.3, 0.4) is 0 Å². The van der Waals surface area contributed by atoms with E-state index in [1.165, 1.54) is 17.5 Å². The number of hydrogen-bond acceptors (Lipinski definition) is 4. The van der Waals surface area contributed by atoms with Crippen molar-refractivity contribution in [3.63, 3.8) is 0 Å². The topological polar surface area (TPSA) is 66.8 Å². The minimum Gasteiger partial charge on any atom is -0.495 e. The van der Waals surface area contributed by atoms with Crippen LogP contribution in [0.15, 0.2) is 23.1 Å². The number of rotatable bonds is 7. The Morgan fingerprint density at radius 2 is 2.19 bits per heavy atom. The molecule has 2 rings (SSSR count). The molecule has 0 amide bonds. The molecule has 0 heterocycles. The van der Waals surface area contributed by atoms with Gasteiger partial charge in [-0.25, -0.2) is 8.42 Å². The van der Waals surface area contributed by atoms with Crippen LogP contribution in [0, 0.1) is 18.3 Å². The number of benzene rings is 1. The molecule has 0 unspecified atom stereocenters. The van der Waals surface area contributed by atoms with Gasteiger partial charge in [-0.2, -0.15) is 4.31 Å². The Bertz CT molecular complexity index is 644. The van der Waals surface area contributed by atoms with Crippen LogP contribution in [0.2, 0.25) is 0 Å². The van der Waals surface area contributed by atoms with E-state index in [1.54, 1.807) is 12.1 Å². The van der Waals surface area contributed by atoms with E-state index in [2.05, 4.69) is 5.92 Å². The molecule has 1 aromatic rings. The summed E-state index contributed by atoms with van der Waals surface area (Å²) in [7, 11) is -2.32. The molecule has 1 aliphatic carbocycles. The van der Waals surface area contributed by atoms with Gasteiger partial charge in [0.05, 0.1) is 20.3 Å². The molecule has 0 aromatic heterocycles. The van der Waals surface area contributed by atoms with E-state index >= 15 is 0 Å². The van der Waals surface area contributed by atoms with Crippen molar-refractivity contribution in [1.29, 1.82) is 0 Å². The van der Waals surface area contributed by atoms with Crippen LogP contribution in [0.1, 0.15) is 18.4 Å². The van der Waals surface area contributed by atoms with Crippen molar-refractivity contribution in [2.24, 2.45) is 5.92 Å². The van der Waals surface area contributed by atoms with Crippen LogP contribution in [-0.2, 0) is 16.6 Å². The fraction of sp³-hybridized carbons (Fsp3) is 0.467. The third kappa shape index (κ3) is 3.56. The van der Waals surface area contributed by atoms with Crippen molar-refractivity contribution in [3.8, 4) is 18.1 Å². The van der Waals surface area contributed by atoms with E-state index in [0.29, 0.717) is 18.0 Å². The minimum absolute atomic E-state index is 0.0331. The van der Waals surface area contributed by atoms with Gasteiger partial charge in [0.15, 0.2) is 0 Å². The van der Waals surface area contributed by atoms with Crippen LogP contribution >= 0.6 is 0 Å². The number of aliphatic hydroxyl groups excluding tert-OH is 1. The Kier molecular flexibility index (Phi) is 4.88. The second-order valence-corrected chi connectivity index (χ2v) is 6.99. The summed E-state index contributed by atoms with van der Waals surface area (Å²) in [6.07, 6.45) is 7.36. The lowest BCUT2D eigenvalue weighted by molar-refractivity contribution is 0.281. The summed E-state index contributed by atoms with van der Waals surface area (Å²) >= 11 is 0. The molecule has 0 bridgehead atoms. The molecule has 1 aromatic carbocycles. The lowest BCUT2D eigenvalue weighted by Gasteiger charge is -2.21. The van der Waals surface area contributed by atoms with Crippen molar-refractivity contribution in [2.75, 3.05) is 20.2 Å². The summed E-state index contributed by atoms with van der Waals surface area (Å²) in [6.45, 7) is 0.231. The number of methoxy groups -OCH3 is 1. The summed E-state index contributed by atoms with van der Waals surface area (Å²) in [5.74, 6) is 3.04. The number of terminal acetylenes is 1. The molecule has 0 saturated heterocycles. The average Bonchev–Trinajstić information content (AvgIpc) is 3.30. The molecule has 0 aliphatic heterocycles. The first-order chi connectivity index (χ1) is 10.0. The Morgan fingerprint density at radius 3 is 2.71 bits per heavy atom. The normalized spacial score (nSPS) is 15.0. The summed E-state index contributed by atoms with van der Waals surface area (Å²) in [5.41, 5.74) is 0.515. The van der Waals surface area contributed by atoms with E-state index in [9.17, 15) is 13.5 Å². The molecule has 0 spiro atoms. The van der Waals surface area contributed by atoms with Gasteiger partial charge in [-0.1, -0.05) is 12.0 Å². The van der Waals surface area contributed by atoms with E-state index in [4.69, 9.17) is 11.2 Å². The zero-order valence-corrected chi connectivity index (χ0v) is 12.8. The highest BCUT2D eigenvalue weighted by Gasteiger charge is 2.33. The fourth-order valence-electron chi connectivity index (χ4n) is 2.10. The van der Waals surface area contributed by atoms with E-state index in [-0.39, 0.29) is 23.8 Å². The highest BCUT2D eigenvalue weighted by molar-refractivity contribution is 7.89. The third-order valence-corrected chi connectivity index (χ3v) is 5.29. The predicted molar refractivity (Wildman–Crippen MR) is 79.2 cm³/mol. The molecular weight excluding hydrogens is 290 g/mol. The number of ether oxygens (including phenoxy) is 1. The van der Waals surface area contributed by atoms with Crippen LogP contribution in [0.25, 0.3) is 0 Å². The van der Waals surface area contributed by atoms with Crippen molar-refractivity contribution < 1.29 is 18.3 Å². The maximum Gasteiger partial charge on any atom is 0.247 e. The van der Waals surface area contributed by atoms with Gasteiger partial charge in [0.1, 0.15) is 10.6 Å². The highest BCUT2D eigenvalue weighted by Crippen LogP contribution is 2.33. The van der Waals surface area contributed by atoms with Crippen molar-refractivity contribution in [3.05, 3.63) is 23.8 Å². The Morgan fingerprint density at radius 1 is 1.48 bits per heavy atom. The zero-order valence-electron chi connectivity index (χ0n) is 11.9. The van der Waals surface area contributed by atoms with E-state index < -0.39 is 10.0 Å². The Balaban J connectivity index is 2.42. The molecule has 1 fully saturated rings. The standard InChI is InChI=1S/C15H19NO4S/c1-3-8-16(10-12-4-5-12)21(18,19)15-9-13(11-17)6-7-14(15)20-2/h1,6-7,9,12,17H,4-5,8,10-11H2,2H3. The zero-order chi connectivity index (χ0) is 15.5. The molecule has 0 atom stereocenters. The first-order valence-corrected chi connectivity index (χ1v) is 8.18. The van der Waals surface area contributed by atoms with Crippen LogP contribution < -0.4 is 4.74 Å². The van der Waals surface area contributed by atoms with Gasteiger partial charge in [0.2, 0.25) is 10.0 Å². The van der Waals surface area contributed by atoms with Gasteiger partial charge in [-0.05, 0) is 36.5 Å². The number of nitrogens with zero attached hydrogens (tertiary/aromatic N) is 1. The summed E-state index contributed by atoms with van der Waals surface area (Å²) in [6, 6.07) is 4.61. The number of sulfonamides is 1. The predicted octanol–water partition coefficient (Wildman–Crippen LogP) is 1.22. The smallest absolute Gasteiger partial charge is 0.247 e. The first kappa shape index (κ1) is 15.8. The van der Waals surface area contributed by atoms with Crippen molar-refractivity contribution in [1.82, 2.24) is 4.31 Å². The highest BCUT2D eigenvalue weighted by atomic mass is 32.2. The maximum atomic E-state index is 12.8. The van der Waals surface area contributed by atoms with E-state index in [1.807, 2.05) is 0 Å². The van der Waals surface area contributed by atoms with Gasteiger partial charge in [-0.15, -0.1) is 6.42 Å². The molecule has 1 saturated carbocycles. The summed E-state index contributed by atoms with van der Waals surface area (Å²) in [5, 5.41) is 9.21. The average molecular weight is 309 g/mol. The second-order valence-electron chi connectivity index (χ2n) is 5.09. The Labute approximate surface area is 125 Å². The van der Waals surface area contributed by atoms with Crippen molar-refractivity contribution >= 4 is 10.0 Å². The van der Waals surface area contributed by atoms with Crippen LogP contribution in [0.5, 0.6) is 5.75 Å². The number of aliphatic hydroxyl groups is 1. The number of hydrogen-bond donors (Lipinski definition) is 1. The quantitative estimate of drug-likeness (QED) is 0.769. The van der Waals surface area contributed by atoms with Gasteiger partial charge >= 0.3 is 0 Å². The van der Waals surface area contributed by atoms with Crippen LogP contribution in [0.4, 0.5) is 0 Å². The first-order valence-electron chi connectivity index (χ1n) is 6.74. The summed E-state index contributed by atoms with van der Waals surface area (Å²) < 4.78 is 32.1. The molecule has 1 aliphatic rings. The molecule has 114 valence electrons. The SMILES string of the molecule is C#CCN(CC1CC1)S(=O)(=O)c1cc(CO)ccc1OC. The molecule has 6 heteroatoms. The van der Waals surface area contributed by atoms with E-state index in [0.717, 1.165) is 12.8 Å². The minimum atomic E-state index is -3.74. The molecule has 5 nitrogen and oxygen atoms in total. The Hall–Kier alpha value is -1.55. The van der Waals surface area contributed by atoms with Gasteiger partial charge in [0, 0.05) is 6.54 Å². The lowest BCUT2D eigenvalue weighted by Crippen LogP contribution is -2.33. The lowest BCUT2D eigenvalue weighted by atomic mass is 10.2.